The molecule has 1 aromatic carbocycles. The highest BCUT2D eigenvalue weighted by atomic mass is 15.1. The van der Waals surface area contributed by atoms with Crippen molar-refractivity contribution in [2.24, 2.45) is 5.11 Å². The molecule has 0 spiro atoms. The van der Waals surface area contributed by atoms with Crippen LogP contribution in [0.2, 0.25) is 0 Å². The molecular formula is C11H8N4. The summed E-state index contributed by atoms with van der Waals surface area (Å²) in [6.07, 6.45) is 3.49. The predicted molar refractivity (Wildman–Crippen MR) is 58.5 cm³/mol. The van der Waals surface area contributed by atoms with Crippen LogP contribution in [-0.4, -0.2) is 4.98 Å². The Bertz CT molecular complexity index is 484. The summed E-state index contributed by atoms with van der Waals surface area (Å²) in [6.45, 7) is 0. The second kappa shape index (κ2) is 4.26. The highest BCUT2D eigenvalue weighted by Crippen LogP contribution is 2.21. The second-order valence-corrected chi connectivity index (χ2v) is 2.97. The SMILES string of the molecule is [N-]=[N+]=Nc1ccc(-c2ccncc2)cc1. The summed E-state index contributed by atoms with van der Waals surface area (Å²) in [6, 6.07) is 11.3. The molecule has 0 bridgehead atoms. The largest absolute Gasteiger partial charge is 0.265 e. The van der Waals surface area contributed by atoms with Crippen molar-refractivity contribution in [1.29, 1.82) is 0 Å². The Balaban J connectivity index is 2.36. The van der Waals surface area contributed by atoms with E-state index in [1.807, 2.05) is 24.3 Å². The van der Waals surface area contributed by atoms with Crippen LogP contribution in [0.5, 0.6) is 0 Å². The van der Waals surface area contributed by atoms with Crippen LogP contribution in [0.15, 0.2) is 53.9 Å². The highest BCUT2D eigenvalue weighted by Gasteiger charge is 1.95. The maximum Gasteiger partial charge on any atom is 0.0375 e. The molecule has 0 aliphatic heterocycles. The molecule has 72 valence electrons. The molecule has 1 heterocycles. The van der Waals surface area contributed by atoms with Crippen LogP contribution in [0.1, 0.15) is 0 Å². The first-order valence-electron chi connectivity index (χ1n) is 4.46. The maximum atomic E-state index is 8.26. The molecule has 2 rings (SSSR count). The Morgan fingerprint density at radius 2 is 1.53 bits per heavy atom. The minimum absolute atomic E-state index is 0.621. The molecule has 4 nitrogen and oxygen atoms in total. The molecule has 0 unspecified atom stereocenters. The Morgan fingerprint density at radius 3 is 2.13 bits per heavy atom. The lowest BCUT2D eigenvalue weighted by Crippen LogP contribution is -1.76. The van der Waals surface area contributed by atoms with Gasteiger partial charge in [-0.1, -0.05) is 29.4 Å². The molecule has 0 amide bonds. The third-order valence-electron chi connectivity index (χ3n) is 2.04. The summed E-state index contributed by atoms with van der Waals surface area (Å²) >= 11 is 0. The standard InChI is InChI=1S/C11H8N4/c12-15-14-11-3-1-9(2-4-11)10-5-7-13-8-6-10/h1-8H. The zero-order valence-corrected chi connectivity index (χ0v) is 7.91. The van der Waals surface area contributed by atoms with Crippen LogP contribution in [0.25, 0.3) is 21.6 Å². The maximum absolute atomic E-state index is 8.26. The summed E-state index contributed by atoms with van der Waals surface area (Å²) in [7, 11) is 0. The number of rotatable bonds is 2. The van der Waals surface area contributed by atoms with Crippen molar-refractivity contribution in [3.63, 3.8) is 0 Å². The summed E-state index contributed by atoms with van der Waals surface area (Å²) in [5.74, 6) is 0. The minimum Gasteiger partial charge on any atom is -0.265 e. The van der Waals surface area contributed by atoms with E-state index in [9.17, 15) is 0 Å². The van der Waals surface area contributed by atoms with Crippen LogP contribution < -0.4 is 0 Å². The van der Waals surface area contributed by atoms with Gasteiger partial charge in [0, 0.05) is 23.0 Å². The van der Waals surface area contributed by atoms with Crippen LogP contribution in [0.3, 0.4) is 0 Å². The van der Waals surface area contributed by atoms with Gasteiger partial charge in [0.05, 0.1) is 0 Å². The summed E-state index contributed by atoms with van der Waals surface area (Å²) in [4.78, 5) is 6.67. The molecule has 0 aliphatic carbocycles. The molecule has 15 heavy (non-hydrogen) atoms. The van der Waals surface area contributed by atoms with Crippen molar-refractivity contribution >= 4 is 5.69 Å². The van der Waals surface area contributed by atoms with Crippen molar-refractivity contribution in [2.75, 3.05) is 0 Å². The summed E-state index contributed by atoms with van der Waals surface area (Å²) in [5, 5.41) is 3.51. The number of hydrogen-bond donors (Lipinski definition) is 0. The predicted octanol–water partition coefficient (Wildman–Crippen LogP) is 3.69. The quantitative estimate of drug-likeness (QED) is 0.410. The molecule has 0 saturated carbocycles. The van der Waals surface area contributed by atoms with Gasteiger partial charge >= 0.3 is 0 Å². The second-order valence-electron chi connectivity index (χ2n) is 2.97. The molecular weight excluding hydrogens is 188 g/mol. The zero-order chi connectivity index (χ0) is 10.5. The molecule has 0 aliphatic rings. The fourth-order valence-corrected chi connectivity index (χ4v) is 1.32. The fraction of sp³-hybridized carbons (Fsp3) is 0. The summed E-state index contributed by atoms with van der Waals surface area (Å²) < 4.78 is 0. The van der Waals surface area contributed by atoms with Gasteiger partial charge in [-0.05, 0) is 28.8 Å². The van der Waals surface area contributed by atoms with Crippen LogP contribution in [-0.2, 0) is 0 Å². The lowest BCUT2D eigenvalue weighted by molar-refractivity contribution is 1.33. The number of aromatic nitrogens is 1. The van der Waals surface area contributed by atoms with Crippen molar-refractivity contribution in [1.82, 2.24) is 4.98 Å². The van der Waals surface area contributed by atoms with Crippen molar-refractivity contribution in [3.8, 4) is 11.1 Å². The topological polar surface area (TPSA) is 61.7 Å². The van der Waals surface area contributed by atoms with Crippen LogP contribution in [0.4, 0.5) is 5.69 Å². The highest BCUT2D eigenvalue weighted by molar-refractivity contribution is 5.64. The number of azide groups is 1. The Kier molecular flexibility index (Phi) is 2.63. The normalized spacial score (nSPS) is 9.33. The van der Waals surface area contributed by atoms with Gasteiger partial charge in [-0.25, -0.2) is 0 Å². The third kappa shape index (κ3) is 2.13. The van der Waals surface area contributed by atoms with Gasteiger partial charge in [0.15, 0.2) is 0 Å². The lowest BCUT2D eigenvalue weighted by Gasteiger charge is -2.00. The van der Waals surface area contributed by atoms with Gasteiger partial charge in [-0.3, -0.25) is 4.98 Å². The molecule has 0 saturated heterocycles. The fourth-order valence-electron chi connectivity index (χ4n) is 1.32. The average Bonchev–Trinajstić information content (AvgIpc) is 2.32. The van der Waals surface area contributed by atoms with Crippen molar-refractivity contribution in [3.05, 3.63) is 59.2 Å². The molecule has 0 N–H and O–H groups in total. The van der Waals surface area contributed by atoms with Gasteiger partial charge in [-0.15, -0.1) is 0 Å². The van der Waals surface area contributed by atoms with Crippen LogP contribution >= 0.6 is 0 Å². The van der Waals surface area contributed by atoms with E-state index in [1.54, 1.807) is 24.5 Å². The van der Waals surface area contributed by atoms with E-state index in [0.717, 1.165) is 11.1 Å². The summed E-state index contributed by atoms with van der Waals surface area (Å²) in [5.41, 5.74) is 11.0. The molecule has 4 heteroatoms. The Hall–Kier alpha value is -2.32. The van der Waals surface area contributed by atoms with Crippen LogP contribution in [0, 0.1) is 0 Å². The molecule has 1 aromatic heterocycles. The lowest BCUT2D eigenvalue weighted by atomic mass is 10.1. The van der Waals surface area contributed by atoms with E-state index in [4.69, 9.17) is 5.53 Å². The number of pyridine rings is 1. The van der Waals surface area contributed by atoms with Gasteiger partial charge in [0.25, 0.3) is 0 Å². The van der Waals surface area contributed by atoms with Gasteiger partial charge in [0.2, 0.25) is 0 Å². The average molecular weight is 196 g/mol. The van der Waals surface area contributed by atoms with Gasteiger partial charge in [0.1, 0.15) is 0 Å². The molecule has 0 atom stereocenters. The Morgan fingerprint density at radius 1 is 0.933 bits per heavy atom. The smallest absolute Gasteiger partial charge is 0.0375 e. The first kappa shape index (κ1) is 9.24. The van der Waals surface area contributed by atoms with Crippen molar-refractivity contribution < 1.29 is 0 Å². The Labute approximate surface area is 86.8 Å². The van der Waals surface area contributed by atoms with Crippen molar-refractivity contribution in [2.45, 2.75) is 0 Å². The van der Waals surface area contributed by atoms with E-state index in [1.165, 1.54) is 0 Å². The number of hydrogen-bond acceptors (Lipinski definition) is 2. The third-order valence-corrected chi connectivity index (χ3v) is 2.04. The number of benzene rings is 1. The first-order valence-corrected chi connectivity index (χ1v) is 4.46. The van der Waals surface area contributed by atoms with E-state index in [0.29, 0.717) is 5.69 Å². The van der Waals surface area contributed by atoms with E-state index < -0.39 is 0 Å². The monoisotopic (exact) mass is 196 g/mol. The van der Waals surface area contributed by atoms with Gasteiger partial charge < -0.3 is 0 Å². The molecule has 0 fully saturated rings. The van der Waals surface area contributed by atoms with E-state index >= 15 is 0 Å². The number of nitrogens with zero attached hydrogens (tertiary/aromatic N) is 4. The van der Waals surface area contributed by atoms with Gasteiger partial charge in [-0.2, -0.15) is 0 Å². The van der Waals surface area contributed by atoms with E-state index in [2.05, 4.69) is 15.0 Å². The zero-order valence-electron chi connectivity index (χ0n) is 7.91. The molecule has 2 aromatic rings. The van der Waals surface area contributed by atoms with E-state index in [-0.39, 0.29) is 0 Å². The molecule has 0 radical (unpaired) electrons. The minimum atomic E-state index is 0.621. The first-order chi connectivity index (χ1) is 7.40.